The van der Waals surface area contributed by atoms with E-state index in [0.717, 1.165) is 59.6 Å². The van der Waals surface area contributed by atoms with Crippen LogP contribution in [0.15, 0.2) is 40.8 Å². The van der Waals surface area contributed by atoms with Gasteiger partial charge in [-0.25, -0.2) is 0 Å². The highest BCUT2D eigenvalue weighted by molar-refractivity contribution is 14.1. The predicted octanol–water partition coefficient (Wildman–Crippen LogP) is 7.37. The fourth-order valence-electron chi connectivity index (χ4n) is 3.58. The highest BCUT2D eigenvalue weighted by atomic mass is 127. The molecule has 0 atom stereocenters. The molecule has 3 aromatic rings. The smallest absolute Gasteiger partial charge is 0.146 e. The summed E-state index contributed by atoms with van der Waals surface area (Å²) in [6.45, 7) is 10.4. The van der Waals surface area contributed by atoms with Crippen molar-refractivity contribution < 1.29 is 9.15 Å². The van der Waals surface area contributed by atoms with E-state index >= 15 is 0 Å². The Hall–Kier alpha value is -0.800. The quantitative estimate of drug-likeness (QED) is 0.222. The minimum absolute atomic E-state index is 0.700. The highest BCUT2D eigenvalue weighted by Crippen LogP contribution is 2.42. The molecule has 29 heavy (non-hydrogen) atoms. The van der Waals surface area contributed by atoms with Crippen molar-refractivity contribution in [1.82, 2.24) is 4.90 Å². The number of hydrogen-bond donors (Lipinski definition) is 0. The Kier molecular flexibility index (Phi) is 8.68. The summed E-state index contributed by atoms with van der Waals surface area (Å²) in [5.41, 5.74) is 3.40. The molecule has 0 N–H and O–H groups in total. The lowest BCUT2D eigenvalue weighted by Gasteiger charge is -2.19. The van der Waals surface area contributed by atoms with Gasteiger partial charge in [0.2, 0.25) is 0 Å². The molecule has 0 saturated carbocycles. The monoisotopic (exact) mass is 617 g/mol. The van der Waals surface area contributed by atoms with Crippen molar-refractivity contribution in [2.45, 2.75) is 40.0 Å². The number of ether oxygens (including phenoxy) is 1. The zero-order valence-electron chi connectivity index (χ0n) is 17.4. The van der Waals surface area contributed by atoms with Crippen LogP contribution in [0.1, 0.15) is 39.4 Å². The number of rotatable bonds is 10. The number of halogens is 2. The van der Waals surface area contributed by atoms with Crippen molar-refractivity contribution in [1.29, 1.82) is 0 Å². The molecule has 0 aliphatic heterocycles. The molecule has 2 aromatic carbocycles. The van der Waals surface area contributed by atoms with Crippen molar-refractivity contribution in [2.75, 3.05) is 26.2 Å². The van der Waals surface area contributed by atoms with E-state index in [-0.39, 0.29) is 0 Å². The molecule has 1 heterocycles. The number of furan rings is 1. The molecule has 0 radical (unpaired) electrons. The number of likely N-dealkylation sites (N-methyl/N-ethyl adjacent to an activating group) is 1. The third kappa shape index (κ3) is 5.28. The summed E-state index contributed by atoms with van der Waals surface area (Å²) in [4.78, 5) is 2.38. The van der Waals surface area contributed by atoms with Crippen molar-refractivity contribution in [2.24, 2.45) is 0 Å². The molecule has 0 bridgehead atoms. The van der Waals surface area contributed by atoms with Gasteiger partial charge < -0.3 is 14.1 Å². The second-order valence-electron chi connectivity index (χ2n) is 7.11. The second kappa shape index (κ2) is 11.0. The van der Waals surface area contributed by atoms with Crippen molar-refractivity contribution in [3.05, 3.63) is 49.3 Å². The van der Waals surface area contributed by atoms with Gasteiger partial charge in [0.25, 0.3) is 0 Å². The molecular formula is C24H29I2NO2. The zero-order valence-corrected chi connectivity index (χ0v) is 21.7. The van der Waals surface area contributed by atoms with Crippen LogP contribution in [0.25, 0.3) is 22.1 Å². The average molecular weight is 617 g/mol. The molecule has 156 valence electrons. The lowest BCUT2D eigenvalue weighted by atomic mass is 9.99. The van der Waals surface area contributed by atoms with Crippen LogP contribution in [0.5, 0.6) is 5.75 Å². The van der Waals surface area contributed by atoms with Crippen LogP contribution in [0, 0.1) is 7.14 Å². The van der Waals surface area contributed by atoms with Crippen LogP contribution in [0.4, 0.5) is 0 Å². The molecule has 0 fully saturated rings. The Labute approximate surface area is 201 Å². The van der Waals surface area contributed by atoms with E-state index in [9.17, 15) is 0 Å². The van der Waals surface area contributed by atoms with Crippen LogP contribution in [0.3, 0.4) is 0 Å². The van der Waals surface area contributed by atoms with Gasteiger partial charge in [-0.3, -0.25) is 0 Å². The van der Waals surface area contributed by atoms with E-state index in [1.165, 1.54) is 20.1 Å². The predicted molar refractivity (Wildman–Crippen MR) is 139 cm³/mol. The van der Waals surface area contributed by atoms with Gasteiger partial charge in [0.15, 0.2) is 0 Å². The Morgan fingerprint density at radius 3 is 2.48 bits per heavy atom. The van der Waals surface area contributed by atoms with E-state index < -0.39 is 0 Å². The molecular weight excluding hydrogens is 588 g/mol. The van der Waals surface area contributed by atoms with Crippen molar-refractivity contribution in [3.8, 4) is 16.9 Å². The normalized spacial score (nSPS) is 11.5. The fourth-order valence-corrected chi connectivity index (χ4v) is 5.60. The van der Waals surface area contributed by atoms with Crippen LogP contribution >= 0.6 is 45.2 Å². The van der Waals surface area contributed by atoms with E-state index in [1.807, 2.05) is 6.07 Å². The summed E-state index contributed by atoms with van der Waals surface area (Å²) < 4.78 is 14.9. The maximum absolute atomic E-state index is 6.29. The first-order valence-corrected chi connectivity index (χ1v) is 12.6. The van der Waals surface area contributed by atoms with Gasteiger partial charge >= 0.3 is 0 Å². The summed E-state index contributed by atoms with van der Waals surface area (Å²) in [5.74, 6) is 2.07. The lowest BCUT2D eigenvalue weighted by Crippen LogP contribution is -2.28. The third-order valence-corrected chi connectivity index (χ3v) is 7.21. The minimum atomic E-state index is 0.700. The van der Waals surface area contributed by atoms with E-state index in [1.54, 1.807) is 0 Å². The van der Waals surface area contributed by atoms with Crippen LogP contribution in [-0.2, 0) is 6.42 Å². The molecule has 5 heteroatoms. The van der Waals surface area contributed by atoms with Gasteiger partial charge in [0.1, 0.15) is 23.7 Å². The van der Waals surface area contributed by atoms with Gasteiger partial charge in [-0.1, -0.05) is 51.5 Å². The average Bonchev–Trinajstić information content (AvgIpc) is 3.10. The Balaban J connectivity index is 1.99. The van der Waals surface area contributed by atoms with E-state index in [4.69, 9.17) is 9.15 Å². The lowest BCUT2D eigenvalue weighted by molar-refractivity contribution is 0.221. The molecule has 0 amide bonds. The first-order chi connectivity index (χ1) is 14.1. The van der Waals surface area contributed by atoms with Crippen LogP contribution in [-0.4, -0.2) is 31.1 Å². The molecule has 1 aromatic heterocycles. The topological polar surface area (TPSA) is 25.6 Å². The third-order valence-electron chi connectivity index (χ3n) is 5.29. The number of fused-ring (bicyclic) bond motifs is 1. The fraction of sp³-hybridized carbons (Fsp3) is 0.417. The van der Waals surface area contributed by atoms with E-state index in [2.05, 4.69) is 101 Å². The zero-order chi connectivity index (χ0) is 20.8. The van der Waals surface area contributed by atoms with Crippen molar-refractivity contribution >= 4 is 56.2 Å². The van der Waals surface area contributed by atoms with Gasteiger partial charge in [0.05, 0.1) is 7.14 Å². The first kappa shape index (κ1) is 22.9. The number of nitrogens with zero attached hydrogens (tertiary/aromatic N) is 1. The molecule has 0 aliphatic carbocycles. The molecule has 0 unspecified atom stereocenters. The Morgan fingerprint density at radius 2 is 1.76 bits per heavy atom. The molecule has 0 aliphatic rings. The molecule has 0 spiro atoms. The minimum Gasteiger partial charge on any atom is -0.490 e. The standard InChI is InChI=1S/C24H29I2NO2/c1-4-7-11-21-22(17-10-8-9-12-20(17)29-21)18-13-14-19(25)24(23(18)26)28-16-15-27(5-2)6-3/h8-10,12-14H,4-7,11,15-16H2,1-3H3. The van der Waals surface area contributed by atoms with Crippen LogP contribution < -0.4 is 4.74 Å². The maximum atomic E-state index is 6.29. The van der Waals surface area contributed by atoms with Gasteiger partial charge in [-0.05, 0) is 76.8 Å². The number of unbranched alkanes of at least 4 members (excludes halogenated alkanes) is 1. The van der Waals surface area contributed by atoms with Gasteiger partial charge in [0, 0.05) is 29.5 Å². The van der Waals surface area contributed by atoms with Gasteiger partial charge in [-0.2, -0.15) is 0 Å². The maximum Gasteiger partial charge on any atom is 0.146 e. The van der Waals surface area contributed by atoms with Crippen LogP contribution in [0.2, 0.25) is 0 Å². The first-order valence-electron chi connectivity index (χ1n) is 10.4. The number of para-hydroxylation sites is 1. The Bertz CT molecular complexity index is 947. The molecule has 0 saturated heterocycles. The summed E-state index contributed by atoms with van der Waals surface area (Å²) in [6.07, 6.45) is 3.24. The highest BCUT2D eigenvalue weighted by Gasteiger charge is 2.21. The molecule has 3 rings (SSSR count). The summed E-state index contributed by atoms with van der Waals surface area (Å²) in [6, 6.07) is 12.7. The summed E-state index contributed by atoms with van der Waals surface area (Å²) in [5, 5.41) is 1.19. The van der Waals surface area contributed by atoms with E-state index in [0.29, 0.717) is 6.61 Å². The number of aryl methyl sites for hydroxylation is 1. The second-order valence-corrected chi connectivity index (χ2v) is 9.35. The number of hydrogen-bond acceptors (Lipinski definition) is 3. The number of benzene rings is 2. The largest absolute Gasteiger partial charge is 0.490 e. The summed E-state index contributed by atoms with van der Waals surface area (Å²) in [7, 11) is 0. The SMILES string of the molecule is CCCCc1oc2ccccc2c1-c1ccc(I)c(OCCN(CC)CC)c1I. The summed E-state index contributed by atoms with van der Waals surface area (Å²) >= 11 is 4.82. The van der Waals surface area contributed by atoms with Crippen molar-refractivity contribution in [3.63, 3.8) is 0 Å². The molecule has 3 nitrogen and oxygen atoms in total. The van der Waals surface area contributed by atoms with Gasteiger partial charge in [-0.15, -0.1) is 0 Å². The Morgan fingerprint density at radius 1 is 1.00 bits per heavy atom.